The van der Waals surface area contributed by atoms with Crippen LogP contribution in [0, 0.1) is 0 Å². The van der Waals surface area contributed by atoms with Crippen LogP contribution in [-0.4, -0.2) is 17.3 Å². The van der Waals surface area contributed by atoms with E-state index >= 15 is 0 Å². The number of alkyl halides is 3. The summed E-state index contributed by atoms with van der Waals surface area (Å²) in [5, 5.41) is 5.07. The van der Waals surface area contributed by atoms with Crippen LogP contribution >= 0.6 is 11.3 Å². The average molecular weight is 317 g/mol. The maximum atomic E-state index is 12.1. The van der Waals surface area contributed by atoms with E-state index in [-0.39, 0.29) is 17.8 Å². The SMILES string of the molecule is Nc1cc(C(=O)NCc2nccs2)ccc1OC(F)(F)F. The maximum Gasteiger partial charge on any atom is 0.573 e. The monoisotopic (exact) mass is 317 g/mol. The molecule has 112 valence electrons. The number of aromatic nitrogens is 1. The second kappa shape index (κ2) is 6.00. The predicted octanol–water partition coefficient (Wildman–Crippen LogP) is 2.55. The van der Waals surface area contributed by atoms with Gasteiger partial charge in [0.15, 0.2) is 5.75 Å². The number of carbonyl (C=O) groups excluding carboxylic acids is 1. The van der Waals surface area contributed by atoms with Gasteiger partial charge in [0.05, 0.1) is 12.2 Å². The third-order valence-electron chi connectivity index (χ3n) is 2.38. The van der Waals surface area contributed by atoms with Crippen molar-refractivity contribution in [2.75, 3.05) is 5.73 Å². The van der Waals surface area contributed by atoms with Gasteiger partial charge in [0.1, 0.15) is 5.01 Å². The maximum absolute atomic E-state index is 12.1. The van der Waals surface area contributed by atoms with E-state index in [0.29, 0.717) is 5.01 Å². The van der Waals surface area contributed by atoms with Crippen molar-refractivity contribution < 1.29 is 22.7 Å². The third-order valence-corrected chi connectivity index (χ3v) is 3.16. The summed E-state index contributed by atoms with van der Waals surface area (Å²) < 4.78 is 40.0. The highest BCUT2D eigenvalue weighted by atomic mass is 32.1. The number of amides is 1. The van der Waals surface area contributed by atoms with E-state index in [2.05, 4.69) is 15.0 Å². The fourth-order valence-corrected chi connectivity index (χ4v) is 2.06. The molecule has 1 aromatic heterocycles. The topological polar surface area (TPSA) is 77.2 Å². The van der Waals surface area contributed by atoms with Gasteiger partial charge in [0, 0.05) is 17.1 Å². The molecule has 0 aliphatic carbocycles. The van der Waals surface area contributed by atoms with Gasteiger partial charge in [-0.2, -0.15) is 0 Å². The molecule has 3 N–H and O–H groups in total. The van der Waals surface area contributed by atoms with Gasteiger partial charge in [-0.3, -0.25) is 4.79 Å². The van der Waals surface area contributed by atoms with E-state index in [9.17, 15) is 18.0 Å². The summed E-state index contributed by atoms with van der Waals surface area (Å²) in [6, 6.07) is 3.33. The highest BCUT2D eigenvalue weighted by Gasteiger charge is 2.32. The number of anilines is 1. The highest BCUT2D eigenvalue weighted by Crippen LogP contribution is 2.28. The number of benzene rings is 1. The minimum absolute atomic E-state index is 0.138. The number of rotatable bonds is 4. The molecule has 5 nitrogen and oxygen atoms in total. The lowest BCUT2D eigenvalue weighted by molar-refractivity contribution is -0.274. The molecule has 0 radical (unpaired) electrons. The molecular weight excluding hydrogens is 307 g/mol. The minimum Gasteiger partial charge on any atom is -0.404 e. The summed E-state index contributed by atoms with van der Waals surface area (Å²) >= 11 is 1.38. The van der Waals surface area contributed by atoms with Crippen LogP contribution in [0.3, 0.4) is 0 Å². The Labute approximate surface area is 121 Å². The van der Waals surface area contributed by atoms with Crippen molar-refractivity contribution in [3.8, 4) is 5.75 Å². The van der Waals surface area contributed by atoms with Crippen LogP contribution < -0.4 is 15.8 Å². The van der Waals surface area contributed by atoms with Gasteiger partial charge < -0.3 is 15.8 Å². The van der Waals surface area contributed by atoms with Gasteiger partial charge in [0.25, 0.3) is 5.91 Å². The summed E-state index contributed by atoms with van der Waals surface area (Å²) in [6.07, 6.45) is -3.23. The molecule has 0 spiro atoms. The first-order valence-corrected chi connectivity index (χ1v) is 6.55. The number of nitrogens with zero attached hydrogens (tertiary/aromatic N) is 1. The zero-order chi connectivity index (χ0) is 15.5. The lowest BCUT2D eigenvalue weighted by Gasteiger charge is -2.12. The molecule has 0 unspecified atom stereocenters. The predicted molar refractivity (Wildman–Crippen MR) is 70.8 cm³/mol. The number of halogens is 3. The molecule has 1 heterocycles. The van der Waals surface area contributed by atoms with Gasteiger partial charge in [-0.1, -0.05) is 0 Å². The first-order chi connectivity index (χ1) is 9.85. The Kier molecular flexibility index (Phi) is 4.32. The van der Waals surface area contributed by atoms with E-state index in [0.717, 1.165) is 12.1 Å². The zero-order valence-electron chi connectivity index (χ0n) is 10.5. The van der Waals surface area contributed by atoms with Crippen LogP contribution in [0.25, 0.3) is 0 Å². The fraction of sp³-hybridized carbons (Fsp3) is 0.167. The van der Waals surface area contributed by atoms with Crippen LogP contribution in [-0.2, 0) is 6.54 Å². The van der Waals surface area contributed by atoms with Crippen molar-refractivity contribution in [1.29, 1.82) is 0 Å². The van der Waals surface area contributed by atoms with Crippen molar-refractivity contribution in [2.45, 2.75) is 12.9 Å². The van der Waals surface area contributed by atoms with Gasteiger partial charge in [-0.05, 0) is 18.2 Å². The van der Waals surface area contributed by atoms with Crippen molar-refractivity contribution in [3.05, 3.63) is 40.3 Å². The van der Waals surface area contributed by atoms with Crippen LogP contribution in [0.1, 0.15) is 15.4 Å². The molecule has 21 heavy (non-hydrogen) atoms. The van der Waals surface area contributed by atoms with Gasteiger partial charge in [0.2, 0.25) is 0 Å². The number of hydrogen-bond acceptors (Lipinski definition) is 5. The average Bonchev–Trinajstić information content (AvgIpc) is 2.90. The van der Waals surface area contributed by atoms with Crippen LogP contribution in [0.15, 0.2) is 29.8 Å². The van der Waals surface area contributed by atoms with Gasteiger partial charge in [-0.25, -0.2) is 4.98 Å². The van der Waals surface area contributed by atoms with E-state index in [1.165, 1.54) is 17.4 Å². The second-order valence-electron chi connectivity index (χ2n) is 3.91. The van der Waals surface area contributed by atoms with Crippen LogP contribution in [0.4, 0.5) is 18.9 Å². The molecule has 0 saturated heterocycles. The molecule has 1 aromatic carbocycles. The lowest BCUT2D eigenvalue weighted by Crippen LogP contribution is -2.23. The van der Waals surface area contributed by atoms with Crippen LogP contribution in [0.5, 0.6) is 5.75 Å². The summed E-state index contributed by atoms with van der Waals surface area (Å²) in [6.45, 7) is 0.233. The molecule has 0 atom stereocenters. The number of hydrogen-bond donors (Lipinski definition) is 2. The fourth-order valence-electron chi connectivity index (χ4n) is 1.51. The normalized spacial score (nSPS) is 11.2. The smallest absolute Gasteiger partial charge is 0.404 e. The van der Waals surface area contributed by atoms with Crippen molar-refractivity contribution in [1.82, 2.24) is 10.3 Å². The van der Waals surface area contributed by atoms with Crippen molar-refractivity contribution in [2.24, 2.45) is 0 Å². The van der Waals surface area contributed by atoms with Gasteiger partial charge >= 0.3 is 6.36 Å². The molecule has 0 fully saturated rings. The molecule has 2 rings (SSSR count). The second-order valence-corrected chi connectivity index (χ2v) is 4.89. The summed E-state index contributed by atoms with van der Waals surface area (Å²) in [5.74, 6) is -1.01. The lowest BCUT2D eigenvalue weighted by atomic mass is 10.2. The van der Waals surface area contributed by atoms with E-state index in [4.69, 9.17) is 5.73 Å². The molecule has 0 aliphatic rings. The zero-order valence-corrected chi connectivity index (χ0v) is 11.3. The van der Waals surface area contributed by atoms with Crippen LogP contribution in [0.2, 0.25) is 0 Å². The van der Waals surface area contributed by atoms with Crippen molar-refractivity contribution >= 4 is 22.9 Å². The number of carbonyl (C=O) groups is 1. The quantitative estimate of drug-likeness (QED) is 0.850. The number of nitrogen functional groups attached to an aromatic ring is 1. The minimum atomic E-state index is -4.83. The van der Waals surface area contributed by atoms with E-state index in [1.807, 2.05) is 0 Å². The number of ether oxygens (including phenoxy) is 1. The standard InChI is InChI=1S/C12H10F3N3O2S/c13-12(14,15)20-9-2-1-7(5-8(9)16)11(19)18-6-10-17-3-4-21-10/h1-5H,6,16H2,(H,18,19). The first-order valence-electron chi connectivity index (χ1n) is 5.67. The Balaban J connectivity index is 2.03. The molecule has 1 amide bonds. The highest BCUT2D eigenvalue weighted by molar-refractivity contribution is 7.09. The Hall–Kier alpha value is -2.29. The molecule has 2 aromatic rings. The number of thiazole rings is 1. The molecule has 9 heteroatoms. The molecule has 0 aliphatic heterocycles. The Morgan fingerprint density at radius 1 is 1.43 bits per heavy atom. The summed E-state index contributed by atoms with van der Waals surface area (Å²) in [4.78, 5) is 15.8. The third kappa shape index (κ3) is 4.35. The number of nitrogens with one attached hydrogen (secondary N) is 1. The van der Waals surface area contributed by atoms with E-state index < -0.39 is 18.0 Å². The Bertz CT molecular complexity index is 629. The van der Waals surface area contributed by atoms with Gasteiger partial charge in [-0.15, -0.1) is 24.5 Å². The number of nitrogens with two attached hydrogens (primary N) is 1. The summed E-state index contributed by atoms with van der Waals surface area (Å²) in [5.41, 5.74) is 5.31. The Morgan fingerprint density at radius 2 is 2.19 bits per heavy atom. The summed E-state index contributed by atoms with van der Waals surface area (Å²) in [7, 11) is 0. The van der Waals surface area contributed by atoms with E-state index in [1.54, 1.807) is 11.6 Å². The Morgan fingerprint density at radius 3 is 2.76 bits per heavy atom. The first kappa shape index (κ1) is 15.1. The largest absolute Gasteiger partial charge is 0.573 e. The molecule has 0 saturated carbocycles. The molecular formula is C12H10F3N3O2S. The van der Waals surface area contributed by atoms with Crippen molar-refractivity contribution in [3.63, 3.8) is 0 Å². The molecule has 0 bridgehead atoms.